The first-order chi connectivity index (χ1) is 12.5. The lowest BCUT2D eigenvalue weighted by Crippen LogP contribution is -2.36. The first-order valence-corrected chi connectivity index (χ1v) is 8.72. The van der Waals surface area contributed by atoms with Crippen LogP contribution in [-0.2, 0) is 13.1 Å². The maximum Gasteiger partial charge on any atom is 0.214 e. The second-order valence-corrected chi connectivity index (χ2v) is 6.33. The Morgan fingerprint density at radius 1 is 1.22 bits per heavy atom. The van der Waals surface area contributed by atoms with Gasteiger partial charge in [0, 0.05) is 20.1 Å². The van der Waals surface area contributed by atoms with E-state index >= 15 is 0 Å². The Balaban J connectivity index is 0.00000364. The predicted octanol–water partition coefficient (Wildman–Crippen LogP) is 2.72. The van der Waals surface area contributed by atoms with E-state index in [9.17, 15) is 0 Å². The molecule has 0 saturated heterocycles. The van der Waals surface area contributed by atoms with Gasteiger partial charge in [0.15, 0.2) is 5.96 Å². The molecule has 0 saturated carbocycles. The molecular formula is C19H30IN5O2. The van der Waals surface area contributed by atoms with Gasteiger partial charge in [-0.1, -0.05) is 12.1 Å². The lowest BCUT2D eigenvalue weighted by molar-refractivity contribution is 0.261. The Morgan fingerprint density at radius 3 is 2.59 bits per heavy atom. The molecule has 27 heavy (non-hydrogen) atoms. The number of hydrogen-bond acceptors (Lipinski definition) is 5. The summed E-state index contributed by atoms with van der Waals surface area (Å²) in [5, 5.41) is 6.49. The van der Waals surface area contributed by atoms with Crippen molar-refractivity contribution in [3.8, 4) is 5.75 Å². The quantitative estimate of drug-likeness (QED) is 0.339. The van der Waals surface area contributed by atoms with Crippen molar-refractivity contribution in [2.24, 2.45) is 4.99 Å². The number of guanidine groups is 1. The van der Waals surface area contributed by atoms with E-state index in [-0.39, 0.29) is 24.0 Å². The van der Waals surface area contributed by atoms with E-state index < -0.39 is 0 Å². The molecule has 1 aromatic carbocycles. The largest absolute Gasteiger partial charge is 0.492 e. The molecule has 0 aliphatic rings. The van der Waals surface area contributed by atoms with Crippen LogP contribution in [0.4, 0.5) is 0 Å². The Bertz CT molecular complexity index is 711. The van der Waals surface area contributed by atoms with Gasteiger partial charge in [-0.25, -0.2) is 4.98 Å². The van der Waals surface area contributed by atoms with Crippen LogP contribution in [0.5, 0.6) is 5.75 Å². The van der Waals surface area contributed by atoms with Gasteiger partial charge in [0.25, 0.3) is 0 Å². The third-order valence-electron chi connectivity index (χ3n) is 3.87. The molecule has 0 bridgehead atoms. The summed E-state index contributed by atoms with van der Waals surface area (Å²) in [4.78, 5) is 10.7. The third kappa shape index (κ3) is 8.17. The molecule has 0 unspecified atom stereocenters. The van der Waals surface area contributed by atoms with Crippen LogP contribution in [0.25, 0.3) is 0 Å². The maximum absolute atomic E-state index is 5.77. The van der Waals surface area contributed by atoms with E-state index in [4.69, 9.17) is 9.15 Å². The van der Waals surface area contributed by atoms with Crippen LogP contribution in [0.3, 0.4) is 0 Å². The van der Waals surface area contributed by atoms with Crippen LogP contribution in [0.15, 0.2) is 33.7 Å². The highest BCUT2D eigenvalue weighted by Gasteiger charge is 2.06. The lowest BCUT2D eigenvalue weighted by Gasteiger charge is -2.13. The fourth-order valence-corrected chi connectivity index (χ4v) is 2.27. The average molecular weight is 487 g/mol. The number of rotatable bonds is 8. The standard InChI is InChI=1S/C19H29N5O2.HI/c1-14-15(2)26-18(23-14)13-22-19(20-3)21-12-16-7-6-8-17(11-16)25-10-9-24(4)5;/h6-8,11H,9-10,12-13H2,1-5H3,(H2,20,21,22);1H. The Kier molecular flexibility index (Phi) is 10.2. The zero-order chi connectivity index (χ0) is 18.9. The summed E-state index contributed by atoms with van der Waals surface area (Å²) >= 11 is 0. The molecule has 0 spiro atoms. The van der Waals surface area contributed by atoms with Crippen molar-refractivity contribution < 1.29 is 9.15 Å². The second-order valence-electron chi connectivity index (χ2n) is 6.33. The topological polar surface area (TPSA) is 74.9 Å². The van der Waals surface area contributed by atoms with Crippen LogP contribution in [0.1, 0.15) is 22.9 Å². The lowest BCUT2D eigenvalue weighted by atomic mass is 10.2. The molecule has 8 heteroatoms. The van der Waals surface area contributed by atoms with Crippen LogP contribution in [0, 0.1) is 13.8 Å². The molecule has 1 aromatic heterocycles. The van der Waals surface area contributed by atoms with Gasteiger partial charge >= 0.3 is 0 Å². The van der Waals surface area contributed by atoms with E-state index in [0.29, 0.717) is 31.5 Å². The molecule has 0 aliphatic heterocycles. The smallest absolute Gasteiger partial charge is 0.214 e. The summed E-state index contributed by atoms with van der Waals surface area (Å²) < 4.78 is 11.3. The molecule has 2 N–H and O–H groups in total. The van der Waals surface area contributed by atoms with Crippen LogP contribution < -0.4 is 15.4 Å². The first kappa shape index (κ1) is 23.2. The highest BCUT2D eigenvalue weighted by molar-refractivity contribution is 14.0. The zero-order valence-corrected chi connectivity index (χ0v) is 19.0. The number of benzene rings is 1. The highest BCUT2D eigenvalue weighted by atomic mass is 127. The van der Waals surface area contributed by atoms with Gasteiger partial charge in [0.1, 0.15) is 18.1 Å². The number of likely N-dealkylation sites (N-methyl/N-ethyl adjacent to an activating group) is 1. The molecule has 1 heterocycles. The van der Waals surface area contributed by atoms with Gasteiger partial charge in [-0.15, -0.1) is 24.0 Å². The van der Waals surface area contributed by atoms with Gasteiger partial charge in [0.2, 0.25) is 5.89 Å². The second kappa shape index (κ2) is 11.8. The van der Waals surface area contributed by atoms with Crippen LogP contribution in [-0.4, -0.2) is 50.1 Å². The summed E-state index contributed by atoms with van der Waals surface area (Å²) in [5.74, 6) is 3.06. The van der Waals surface area contributed by atoms with Gasteiger partial charge in [0.05, 0.1) is 12.2 Å². The number of aromatic nitrogens is 1. The Hall–Kier alpha value is -1.81. The molecule has 2 rings (SSSR count). The molecule has 0 radical (unpaired) electrons. The molecule has 0 aliphatic carbocycles. The summed E-state index contributed by atoms with van der Waals surface area (Å²) in [6.07, 6.45) is 0. The van der Waals surface area contributed by atoms with Crippen molar-refractivity contribution in [3.05, 3.63) is 47.2 Å². The minimum absolute atomic E-state index is 0. The van der Waals surface area contributed by atoms with E-state index in [1.165, 1.54) is 0 Å². The third-order valence-corrected chi connectivity index (χ3v) is 3.87. The Morgan fingerprint density at radius 2 is 1.96 bits per heavy atom. The molecule has 0 atom stereocenters. The number of aryl methyl sites for hydroxylation is 2. The summed E-state index contributed by atoms with van der Waals surface area (Å²) in [6, 6.07) is 8.06. The predicted molar refractivity (Wildman–Crippen MR) is 119 cm³/mol. The van der Waals surface area contributed by atoms with Crippen LogP contribution >= 0.6 is 24.0 Å². The number of aliphatic imine (C=N–C) groups is 1. The average Bonchev–Trinajstić information content (AvgIpc) is 2.93. The fraction of sp³-hybridized carbons (Fsp3) is 0.474. The van der Waals surface area contributed by atoms with Gasteiger partial charge in [-0.3, -0.25) is 4.99 Å². The van der Waals surface area contributed by atoms with Crippen molar-refractivity contribution in [1.29, 1.82) is 0 Å². The minimum atomic E-state index is 0. The zero-order valence-electron chi connectivity index (χ0n) is 16.7. The summed E-state index contributed by atoms with van der Waals surface area (Å²) in [7, 11) is 5.80. The molecular weight excluding hydrogens is 457 g/mol. The number of hydrogen-bond donors (Lipinski definition) is 2. The number of halogens is 1. The van der Waals surface area contributed by atoms with E-state index in [1.54, 1.807) is 7.05 Å². The summed E-state index contributed by atoms with van der Waals surface area (Å²) in [6.45, 7) is 6.53. The number of nitrogens with zero attached hydrogens (tertiary/aromatic N) is 3. The molecule has 2 aromatic rings. The SMILES string of the molecule is CN=C(NCc1cccc(OCCN(C)C)c1)NCc1nc(C)c(C)o1.I. The first-order valence-electron chi connectivity index (χ1n) is 8.72. The Labute approximate surface area is 178 Å². The van der Waals surface area contributed by atoms with Crippen molar-refractivity contribution in [2.75, 3.05) is 34.3 Å². The van der Waals surface area contributed by atoms with Crippen molar-refractivity contribution in [2.45, 2.75) is 26.9 Å². The van der Waals surface area contributed by atoms with Crippen molar-refractivity contribution in [3.63, 3.8) is 0 Å². The number of oxazole rings is 1. The van der Waals surface area contributed by atoms with E-state index in [1.807, 2.05) is 46.1 Å². The van der Waals surface area contributed by atoms with Gasteiger partial charge < -0.3 is 24.7 Å². The van der Waals surface area contributed by atoms with Crippen LogP contribution in [0.2, 0.25) is 0 Å². The van der Waals surface area contributed by atoms with Gasteiger partial charge in [-0.2, -0.15) is 0 Å². The monoisotopic (exact) mass is 487 g/mol. The number of ether oxygens (including phenoxy) is 1. The molecule has 0 fully saturated rings. The normalized spacial score (nSPS) is 11.3. The fourth-order valence-electron chi connectivity index (χ4n) is 2.27. The van der Waals surface area contributed by atoms with Crippen molar-refractivity contribution in [1.82, 2.24) is 20.5 Å². The highest BCUT2D eigenvalue weighted by Crippen LogP contribution is 2.13. The maximum atomic E-state index is 5.77. The molecule has 150 valence electrons. The number of nitrogens with one attached hydrogen (secondary N) is 2. The van der Waals surface area contributed by atoms with E-state index in [2.05, 4.69) is 31.6 Å². The molecule has 7 nitrogen and oxygen atoms in total. The van der Waals surface area contributed by atoms with Crippen molar-refractivity contribution >= 4 is 29.9 Å². The van der Waals surface area contributed by atoms with E-state index in [0.717, 1.165) is 29.3 Å². The molecule has 0 amide bonds. The summed E-state index contributed by atoms with van der Waals surface area (Å²) in [5.41, 5.74) is 2.04. The minimum Gasteiger partial charge on any atom is -0.492 e. The van der Waals surface area contributed by atoms with Gasteiger partial charge in [-0.05, 0) is 45.6 Å².